The Morgan fingerprint density at radius 3 is 2.64 bits per heavy atom. The van der Waals surface area contributed by atoms with Crippen molar-refractivity contribution in [1.82, 2.24) is 4.98 Å². The summed E-state index contributed by atoms with van der Waals surface area (Å²) >= 11 is 4.66. The summed E-state index contributed by atoms with van der Waals surface area (Å²) < 4.78 is 0. The number of anilines is 1. The molecule has 0 radical (unpaired) electrons. The normalized spacial score (nSPS) is 12.9. The number of carbonyl (C=O) groups excluding carboxylic acids is 1. The summed E-state index contributed by atoms with van der Waals surface area (Å²) in [6, 6.07) is 0. The molecule has 0 aromatic carbocycles. The summed E-state index contributed by atoms with van der Waals surface area (Å²) in [5, 5.41) is 5.38. The second-order valence-electron chi connectivity index (χ2n) is 3.34. The lowest BCUT2D eigenvalue weighted by Crippen LogP contribution is -2.19. The monoisotopic (exact) mass is 276 g/mol. The molecule has 78 valence electrons. The van der Waals surface area contributed by atoms with Crippen LogP contribution in [-0.2, 0) is 4.79 Å². The molecule has 0 bridgehead atoms. The summed E-state index contributed by atoms with van der Waals surface area (Å²) in [6.45, 7) is 5.94. The summed E-state index contributed by atoms with van der Waals surface area (Å²) in [5.74, 6) is 0.341. The Morgan fingerprint density at radius 1 is 1.57 bits per heavy atom. The highest BCUT2D eigenvalue weighted by atomic mass is 79.9. The zero-order chi connectivity index (χ0) is 10.7. The highest BCUT2D eigenvalue weighted by molar-refractivity contribution is 9.10. The molecule has 0 fully saturated rings. The van der Waals surface area contributed by atoms with E-state index >= 15 is 0 Å². The van der Waals surface area contributed by atoms with Crippen LogP contribution in [0.4, 0.5) is 5.13 Å². The molecule has 1 atom stereocenters. The van der Waals surface area contributed by atoms with Crippen LogP contribution in [0.3, 0.4) is 0 Å². The van der Waals surface area contributed by atoms with Crippen LogP contribution in [0.15, 0.2) is 5.38 Å². The standard InChI is InChI=1S/C9H13BrN2OS/c1-5(2)7-4-14-9(11-7)12-8(13)6(3)10/h4-6H,1-3H3,(H,11,12,13). The number of hydrogen-bond acceptors (Lipinski definition) is 3. The van der Waals surface area contributed by atoms with E-state index in [1.807, 2.05) is 5.38 Å². The second kappa shape index (κ2) is 4.89. The number of rotatable bonds is 3. The number of hydrogen-bond donors (Lipinski definition) is 1. The molecule has 1 aromatic heterocycles. The Morgan fingerprint density at radius 2 is 2.21 bits per heavy atom. The van der Waals surface area contributed by atoms with Gasteiger partial charge in [-0.3, -0.25) is 4.79 Å². The van der Waals surface area contributed by atoms with Gasteiger partial charge in [0.25, 0.3) is 0 Å². The van der Waals surface area contributed by atoms with Crippen LogP contribution < -0.4 is 5.32 Å². The average molecular weight is 277 g/mol. The molecule has 1 rings (SSSR count). The molecule has 0 aliphatic carbocycles. The molecule has 1 amide bonds. The van der Waals surface area contributed by atoms with E-state index in [4.69, 9.17) is 0 Å². The maximum Gasteiger partial charge on any atom is 0.239 e. The van der Waals surface area contributed by atoms with Crippen molar-refractivity contribution in [3.63, 3.8) is 0 Å². The van der Waals surface area contributed by atoms with Gasteiger partial charge in [0.05, 0.1) is 10.5 Å². The molecule has 0 aliphatic rings. The van der Waals surface area contributed by atoms with Gasteiger partial charge in [-0.2, -0.15) is 0 Å². The van der Waals surface area contributed by atoms with Crippen LogP contribution in [0.2, 0.25) is 0 Å². The van der Waals surface area contributed by atoms with E-state index in [-0.39, 0.29) is 10.7 Å². The molecule has 3 nitrogen and oxygen atoms in total. The number of halogens is 1. The SMILES string of the molecule is CC(Br)C(=O)Nc1nc(C(C)C)cs1. The van der Waals surface area contributed by atoms with Gasteiger partial charge in [0.2, 0.25) is 5.91 Å². The zero-order valence-electron chi connectivity index (χ0n) is 8.37. The van der Waals surface area contributed by atoms with Crippen molar-refractivity contribution in [2.24, 2.45) is 0 Å². The van der Waals surface area contributed by atoms with E-state index in [9.17, 15) is 4.79 Å². The Balaban J connectivity index is 2.64. The molecule has 1 heterocycles. The van der Waals surface area contributed by atoms with Crippen molar-refractivity contribution in [3.05, 3.63) is 11.1 Å². The van der Waals surface area contributed by atoms with Crippen LogP contribution in [0.25, 0.3) is 0 Å². The lowest BCUT2D eigenvalue weighted by Gasteiger charge is -2.02. The fraction of sp³-hybridized carbons (Fsp3) is 0.556. The van der Waals surface area contributed by atoms with Crippen molar-refractivity contribution in [2.45, 2.75) is 31.5 Å². The van der Waals surface area contributed by atoms with Crippen molar-refractivity contribution in [3.8, 4) is 0 Å². The first kappa shape index (κ1) is 11.7. The Labute approximate surface area is 96.1 Å². The van der Waals surface area contributed by atoms with Crippen LogP contribution in [0.1, 0.15) is 32.4 Å². The van der Waals surface area contributed by atoms with Gasteiger partial charge >= 0.3 is 0 Å². The Kier molecular flexibility index (Phi) is 4.07. The highest BCUT2D eigenvalue weighted by Crippen LogP contribution is 2.21. The lowest BCUT2D eigenvalue weighted by molar-refractivity contribution is -0.115. The van der Waals surface area contributed by atoms with Crippen molar-refractivity contribution < 1.29 is 4.79 Å². The molecule has 0 spiro atoms. The molecule has 1 aromatic rings. The van der Waals surface area contributed by atoms with Gasteiger partial charge in [-0.25, -0.2) is 4.98 Å². The second-order valence-corrected chi connectivity index (χ2v) is 5.57. The predicted molar refractivity (Wildman–Crippen MR) is 63.2 cm³/mol. The van der Waals surface area contributed by atoms with E-state index in [1.54, 1.807) is 6.92 Å². The molecular formula is C9H13BrN2OS. The molecule has 0 saturated carbocycles. The molecule has 5 heteroatoms. The van der Waals surface area contributed by atoms with Crippen molar-refractivity contribution in [1.29, 1.82) is 0 Å². The van der Waals surface area contributed by atoms with E-state index in [2.05, 4.69) is 40.1 Å². The van der Waals surface area contributed by atoms with Crippen LogP contribution in [0, 0.1) is 0 Å². The zero-order valence-corrected chi connectivity index (χ0v) is 10.8. The molecule has 14 heavy (non-hydrogen) atoms. The van der Waals surface area contributed by atoms with Gasteiger partial charge in [0, 0.05) is 5.38 Å². The van der Waals surface area contributed by atoms with E-state index in [0.29, 0.717) is 11.0 Å². The summed E-state index contributed by atoms with van der Waals surface area (Å²) in [6.07, 6.45) is 0. The number of nitrogens with zero attached hydrogens (tertiary/aromatic N) is 1. The van der Waals surface area contributed by atoms with Crippen LogP contribution >= 0.6 is 27.3 Å². The minimum atomic E-state index is -0.186. The first-order valence-corrected chi connectivity index (χ1v) is 6.20. The maximum atomic E-state index is 11.3. The molecule has 1 N–H and O–H groups in total. The largest absolute Gasteiger partial charge is 0.301 e. The van der Waals surface area contributed by atoms with Gasteiger partial charge in [-0.1, -0.05) is 29.8 Å². The number of alkyl halides is 1. The third kappa shape index (κ3) is 3.06. The number of carbonyl (C=O) groups is 1. The minimum absolute atomic E-state index is 0.0605. The van der Waals surface area contributed by atoms with Crippen molar-refractivity contribution in [2.75, 3.05) is 5.32 Å². The minimum Gasteiger partial charge on any atom is -0.301 e. The molecule has 0 aliphatic heterocycles. The number of thiazole rings is 1. The smallest absolute Gasteiger partial charge is 0.239 e. The third-order valence-electron chi connectivity index (χ3n) is 1.70. The van der Waals surface area contributed by atoms with E-state index < -0.39 is 0 Å². The first-order valence-electron chi connectivity index (χ1n) is 4.41. The first-order chi connectivity index (χ1) is 6.50. The molecule has 1 unspecified atom stereocenters. The van der Waals surface area contributed by atoms with Gasteiger partial charge in [0.15, 0.2) is 5.13 Å². The fourth-order valence-corrected chi connectivity index (χ4v) is 1.80. The van der Waals surface area contributed by atoms with Crippen LogP contribution in [-0.4, -0.2) is 15.7 Å². The van der Waals surface area contributed by atoms with E-state index in [1.165, 1.54) is 11.3 Å². The quantitative estimate of drug-likeness (QED) is 0.863. The van der Waals surface area contributed by atoms with Crippen LogP contribution in [0.5, 0.6) is 0 Å². The number of aromatic nitrogens is 1. The molecule has 0 saturated heterocycles. The van der Waals surface area contributed by atoms with Crippen molar-refractivity contribution >= 4 is 38.3 Å². The third-order valence-corrected chi connectivity index (χ3v) is 2.90. The lowest BCUT2D eigenvalue weighted by atomic mass is 10.2. The summed E-state index contributed by atoms with van der Waals surface area (Å²) in [4.78, 5) is 15.4. The fourth-order valence-electron chi connectivity index (χ4n) is 0.814. The van der Waals surface area contributed by atoms with Gasteiger partial charge in [-0.05, 0) is 12.8 Å². The average Bonchev–Trinajstić information content (AvgIpc) is 2.52. The summed E-state index contributed by atoms with van der Waals surface area (Å²) in [5.41, 5.74) is 1.02. The maximum absolute atomic E-state index is 11.3. The van der Waals surface area contributed by atoms with Gasteiger partial charge in [0.1, 0.15) is 0 Å². The topological polar surface area (TPSA) is 42.0 Å². The number of nitrogens with one attached hydrogen (secondary N) is 1. The highest BCUT2D eigenvalue weighted by Gasteiger charge is 2.11. The molecular weight excluding hydrogens is 264 g/mol. The predicted octanol–water partition coefficient (Wildman–Crippen LogP) is 2.99. The number of amides is 1. The van der Waals surface area contributed by atoms with Gasteiger partial charge in [-0.15, -0.1) is 11.3 Å². The van der Waals surface area contributed by atoms with Gasteiger partial charge < -0.3 is 5.32 Å². The van der Waals surface area contributed by atoms with E-state index in [0.717, 1.165) is 5.69 Å². The summed E-state index contributed by atoms with van der Waals surface area (Å²) in [7, 11) is 0. The Bertz CT molecular complexity index is 322. The Hall–Kier alpha value is -0.420.